The summed E-state index contributed by atoms with van der Waals surface area (Å²) in [6.45, 7) is 5.16. The average Bonchev–Trinajstić information content (AvgIpc) is 2.89. The number of rotatable bonds is 10. The van der Waals surface area contributed by atoms with Crippen LogP contribution in [0.15, 0.2) is 71.6 Å². The van der Waals surface area contributed by atoms with Gasteiger partial charge in [-0.15, -0.1) is 0 Å². The molecule has 1 unspecified atom stereocenters. The van der Waals surface area contributed by atoms with Gasteiger partial charge in [0, 0.05) is 13.6 Å². The summed E-state index contributed by atoms with van der Waals surface area (Å²) in [5.41, 5.74) is 2.87. The molecule has 0 aliphatic carbocycles. The minimum atomic E-state index is -4.18. The van der Waals surface area contributed by atoms with Crippen LogP contribution in [0.1, 0.15) is 30.0 Å². The highest BCUT2D eigenvalue weighted by molar-refractivity contribution is 7.92. The number of hydrogen-bond acceptors (Lipinski definition) is 4. The Morgan fingerprint density at radius 3 is 2.18 bits per heavy atom. The highest BCUT2D eigenvalue weighted by atomic mass is 35.5. The molecule has 0 saturated carbocycles. The van der Waals surface area contributed by atoms with Gasteiger partial charge in [-0.25, -0.2) is 8.42 Å². The van der Waals surface area contributed by atoms with E-state index in [-0.39, 0.29) is 33.1 Å². The fourth-order valence-electron chi connectivity index (χ4n) is 4.06. The molecule has 10 heteroatoms. The maximum Gasteiger partial charge on any atom is 0.264 e. The zero-order valence-corrected chi connectivity index (χ0v) is 24.1. The number of carbonyl (C=O) groups is 2. The van der Waals surface area contributed by atoms with E-state index < -0.39 is 28.5 Å². The molecule has 1 atom stereocenters. The predicted molar refractivity (Wildman–Crippen MR) is 152 cm³/mol. The Bertz CT molecular complexity index is 1410. The lowest BCUT2D eigenvalue weighted by Gasteiger charge is -2.33. The first-order valence-corrected chi connectivity index (χ1v) is 14.3. The molecule has 0 saturated heterocycles. The number of amides is 2. The Labute approximate surface area is 234 Å². The molecule has 0 radical (unpaired) electrons. The van der Waals surface area contributed by atoms with Crippen LogP contribution in [0.5, 0.6) is 0 Å². The second-order valence-corrected chi connectivity index (χ2v) is 11.6. The predicted octanol–water partition coefficient (Wildman–Crippen LogP) is 5.36. The molecule has 2 amide bonds. The van der Waals surface area contributed by atoms with Gasteiger partial charge in [-0.05, 0) is 61.7 Å². The molecule has 38 heavy (non-hydrogen) atoms. The van der Waals surface area contributed by atoms with Gasteiger partial charge in [0.1, 0.15) is 12.6 Å². The maximum absolute atomic E-state index is 13.9. The summed E-state index contributed by atoms with van der Waals surface area (Å²) >= 11 is 12.3. The SMILES string of the molecule is CCC(C(=O)NC)N(Cc1ccccc1C)C(=O)CN(c1ccc(Cl)c(Cl)c1)S(=O)(=O)c1ccc(C)cc1. The molecule has 0 aliphatic heterocycles. The average molecular weight is 577 g/mol. The third kappa shape index (κ3) is 6.67. The van der Waals surface area contributed by atoms with Gasteiger partial charge >= 0.3 is 0 Å². The number of hydrogen-bond donors (Lipinski definition) is 1. The van der Waals surface area contributed by atoms with Crippen LogP contribution in [0.4, 0.5) is 5.69 Å². The number of benzene rings is 3. The second kappa shape index (κ2) is 12.7. The molecule has 202 valence electrons. The molecule has 3 aromatic carbocycles. The molecule has 0 aromatic heterocycles. The van der Waals surface area contributed by atoms with E-state index in [1.54, 1.807) is 19.1 Å². The Morgan fingerprint density at radius 1 is 0.947 bits per heavy atom. The number of halogens is 2. The molecule has 0 heterocycles. The fourth-order valence-corrected chi connectivity index (χ4v) is 5.76. The zero-order valence-electron chi connectivity index (χ0n) is 21.7. The quantitative estimate of drug-likeness (QED) is 0.352. The van der Waals surface area contributed by atoms with Crippen molar-refractivity contribution in [2.24, 2.45) is 0 Å². The van der Waals surface area contributed by atoms with Crippen molar-refractivity contribution >= 4 is 50.7 Å². The zero-order chi connectivity index (χ0) is 28.0. The van der Waals surface area contributed by atoms with Crippen molar-refractivity contribution in [3.05, 3.63) is 93.5 Å². The fraction of sp³-hybridized carbons (Fsp3) is 0.286. The first kappa shape index (κ1) is 29.5. The lowest BCUT2D eigenvalue weighted by Crippen LogP contribution is -2.51. The van der Waals surface area contributed by atoms with E-state index >= 15 is 0 Å². The van der Waals surface area contributed by atoms with Gasteiger partial charge in [-0.1, -0.05) is 72.1 Å². The van der Waals surface area contributed by atoms with Crippen molar-refractivity contribution in [2.75, 3.05) is 17.9 Å². The normalized spacial score (nSPS) is 12.1. The first-order valence-electron chi connectivity index (χ1n) is 12.1. The van der Waals surface area contributed by atoms with Gasteiger partial charge < -0.3 is 10.2 Å². The number of nitrogens with one attached hydrogen (secondary N) is 1. The largest absolute Gasteiger partial charge is 0.357 e. The van der Waals surface area contributed by atoms with Crippen LogP contribution in [0, 0.1) is 13.8 Å². The van der Waals surface area contributed by atoms with E-state index in [0.717, 1.165) is 21.0 Å². The van der Waals surface area contributed by atoms with Crippen LogP contribution in [-0.4, -0.2) is 44.8 Å². The molecule has 0 aliphatic rings. The molecular weight excluding hydrogens is 545 g/mol. The molecule has 1 N–H and O–H groups in total. The first-order chi connectivity index (χ1) is 18.0. The molecule has 0 bridgehead atoms. The molecule has 7 nitrogen and oxygen atoms in total. The van der Waals surface area contributed by atoms with Crippen LogP contribution in [-0.2, 0) is 26.2 Å². The smallest absolute Gasteiger partial charge is 0.264 e. The summed E-state index contributed by atoms with van der Waals surface area (Å²) in [5, 5.41) is 3.01. The minimum absolute atomic E-state index is 0.0192. The van der Waals surface area contributed by atoms with E-state index in [0.29, 0.717) is 6.42 Å². The van der Waals surface area contributed by atoms with Crippen molar-refractivity contribution in [3.63, 3.8) is 0 Å². The number of nitrogens with zero attached hydrogens (tertiary/aromatic N) is 2. The number of carbonyl (C=O) groups excluding carboxylic acids is 2. The summed E-state index contributed by atoms with van der Waals surface area (Å²) in [6.07, 6.45) is 0.342. The third-order valence-corrected chi connectivity index (χ3v) is 8.84. The number of likely N-dealkylation sites (N-methyl/N-ethyl adjacent to an activating group) is 1. The maximum atomic E-state index is 13.9. The topological polar surface area (TPSA) is 86.8 Å². The van der Waals surface area contributed by atoms with Crippen molar-refractivity contribution in [3.8, 4) is 0 Å². The lowest BCUT2D eigenvalue weighted by atomic mass is 10.1. The van der Waals surface area contributed by atoms with Crippen molar-refractivity contribution in [2.45, 2.75) is 44.7 Å². The van der Waals surface area contributed by atoms with E-state index in [2.05, 4.69) is 5.32 Å². The molecule has 3 aromatic rings. The Balaban J connectivity index is 2.10. The van der Waals surface area contributed by atoms with Crippen LogP contribution in [0.3, 0.4) is 0 Å². The van der Waals surface area contributed by atoms with E-state index in [1.807, 2.05) is 38.1 Å². The van der Waals surface area contributed by atoms with Crippen LogP contribution in [0.25, 0.3) is 0 Å². The Kier molecular flexibility index (Phi) is 9.82. The lowest BCUT2D eigenvalue weighted by molar-refractivity contribution is -0.140. The van der Waals surface area contributed by atoms with Crippen molar-refractivity contribution in [1.82, 2.24) is 10.2 Å². The Morgan fingerprint density at radius 2 is 1.61 bits per heavy atom. The van der Waals surface area contributed by atoms with Crippen molar-refractivity contribution in [1.29, 1.82) is 0 Å². The van der Waals surface area contributed by atoms with Gasteiger partial charge in [-0.3, -0.25) is 13.9 Å². The van der Waals surface area contributed by atoms with E-state index in [4.69, 9.17) is 23.2 Å². The second-order valence-electron chi connectivity index (χ2n) is 8.91. The van der Waals surface area contributed by atoms with Gasteiger partial charge in [0.25, 0.3) is 10.0 Å². The summed E-state index contributed by atoms with van der Waals surface area (Å²) < 4.78 is 28.7. The van der Waals surface area contributed by atoms with Crippen LogP contribution in [0.2, 0.25) is 10.0 Å². The highest BCUT2D eigenvalue weighted by Gasteiger charge is 2.33. The van der Waals surface area contributed by atoms with Crippen molar-refractivity contribution < 1.29 is 18.0 Å². The molecular formula is C28H31Cl2N3O4S. The summed E-state index contributed by atoms with van der Waals surface area (Å²) in [5.74, 6) is -0.873. The third-order valence-electron chi connectivity index (χ3n) is 6.31. The monoisotopic (exact) mass is 575 g/mol. The van der Waals surface area contributed by atoms with Gasteiger partial charge in [0.15, 0.2) is 0 Å². The highest BCUT2D eigenvalue weighted by Crippen LogP contribution is 2.31. The van der Waals surface area contributed by atoms with Crippen LogP contribution >= 0.6 is 23.2 Å². The minimum Gasteiger partial charge on any atom is -0.357 e. The van der Waals surface area contributed by atoms with Gasteiger partial charge in [0.2, 0.25) is 11.8 Å². The van der Waals surface area contributed by atoms with Gasteiger partial charge in [-0.2, -0.15) is 0 Å². The molecule has 0 fully saturated rings. The van der Waals surface area contributed by atoms with E-state index in [9.17, 15) is 18.0 Å². The molecule has 0 spiro atoms. The summed E-state index contributed by atoms with van der Waals surface area (Å²) in [7, 11) is -2.68. The number of sulfonamides is 1. The summed E-state index contributed by atoms with van der Waals surface area (Å²) in [6, 6.07) is 17.5. The Hall–Kier alpha value is -3.07. The number of aryl methyl sites for hydroxylation is 2. The standard InChI is InChI=1S/C28H31Cl2N3O4S/c1-5-26(28(35)31-4)32(17-21-9-7-6-8-20(21)3)27(34)18-33(22-12-15-24(29)25(30)16-22)38(36,37)23-13-10-19(2)11-14-23/h6-16,26H,5,17-18H2,1-4H3,(H,31,35). The van der Waals surface area contributed by atoms with E-state index in [1.165, 1.54) is 42.3 Å². The van der Waals surface area contributed by atoms with Crippen LogP contribution < -0.4 is 9.62 Å². The summed E-state index contributed by atoms with van der Waals surface area (Å²) in [4.78, 5) is 28.2. The number of anilines is 1. The molecule has 3 rings (SSSR count). The van der Waals surface area contributed by atoms with Gasteiger partial charge in [0.05, 0.1) is 20.6 Å².